The average molecular weight is 201 g/mol. The largest absolute Gasteiger partial charge is 0.375 e. The second-order valence-corrected chi connectivity index (χ2v) is 4.40. The summed E-state index contributed by atoms with van der Waals surface area (Å²) in [5.74, 6) is 0.0377. The Morgan fingerprint density at radius 1 is 1.64 bits per heavy atom. The fraction of sp³-hybridized carbons (Fsp3) is 0.900. The van der Waals surface area contributed by atoms with Gasteiger partial charge in [-0.15, -0.1) is 0 Å². The maximum Gasteiger partial charge on any atom is 0.248 e. The van der Waals surface area contributed by atoms with Crippen molar-refractivity contribution < 1.29 is 14.3 Å². The minimum Gasteiger partial charge on any atom is -0.375 e. The average Bonchev–Trinajstić information content (AvgIpc) is 2.00. The summed E-state index contributed by atoms with van der Waals surface area (Å²) in [6.07, 6.45) is 0.0968. The van der Waals surface area contributed by atoms with Gasteiger partial charge in [-0.1, -0.05) is 0 Å². The fourth-order valence-electron chi connectivity index (χ4n) is 1.86. The molecule has 0 radical (unpaired) electrons. The lowest BCUT2D eigenvalue weighted by molar-refractivity contribution is -0.161. The van der Waals surface area contributed by atoms with Gasteiger partial charge in [-0.2, -0.15) is 0 Å². The molecule has 1 atom stereocenters. The molecule has 82 valence electrons. The van der Waals surface area contributed by atoms with E-state index < -0.39 is 0 Å². The quantitative estimate of drug-likeness (QED) is 0.658. The first-order valence-corrected chi connectivity index (χ1v) is 4.89. The number of ether oxygens (including phenoxy) is 2. The molecule has 4 nitrogen and oxygen atoms in total. The highest BCUT2D eigenvalue weighted by molar-refractivity contribution is 5.77. The van der Waals surface area contributed by atoms with E-state index in [9.17, 15) is 4.79 Å². The zero-order valence-corrected chi connectivity index (χ0v) is 9.37. The highest BCUT2D eigenvalue weighted by Crippen LogP contribution is 2.20. The van der Waals surface area contributed by atoms with E-state index in [4.69, 9.17) is 9.47 Å². The van der Waals surface area contributed by atoms with Crippen LogP contribution in [0.25, 0.3) is 0 Å². The number of amides is 1. The zero-order chi connectivity index (χ0) is 10.8. The van der Waals surface area contributed by atoms with Crippen LogP contribution in [0.4, 0.5) is 0 Å². The molecule has 1 rings (SSSR count). The molecule has 1 aliphatic heterocycles. The maximum atomic E-state index is 11.6. The first-order chi connectivity index (χ1) is 6.44. The van der Waals surface area contributed by atoms with Crippen LogP contribution in [0.3, 0.4) is 0 Å². The number of morpholine rings is 1. The normalized spacial score (nSPS) is 26.3. The first kappa shape index (κ1) is 11.5. The molecule has 1 amide bonds. The van der Waals surface area contributed by atoms with Crippen LogP contribution in [0.15, 0.2) is 0 Å². The highest BCUT2D eigenvalue weighted by Gasteiger charge is 2.33. The number of carbonyl (C=O) groups excluding carboxylic acids is 1. The molecule has 14 heavy (non-hydrogen) atoms. The molecular formula is C10H19NO3. The van der Waals surface area contributed by atoms with Crippen LogP contribution in [0, 0.1) is 0 Å². The summed E-state index contributed by atoms with van der Waals surface area (Å²) < 4.78 is 10.5. The van der Waals surface area contributed by atoms with Crippen LogP contribution in [0.1, 0.15) is 20.8 Å². The SMILES string of the molecule is COCC(=O)N1CC(C)OC(C)(C)C1. The van der Waals surface area contributed by atoms with Crippen LogP contribution < -0.4 is 0 Å². The number of nitrogens with zero attached hydrogens (tertiary/aromatic N) is 1. The Labute approximate surface area is 85.2 Å². The molecule has 0 aromatic heterocycles. The lowest BCUT2D eigenvalue weighted by Gasteiger charge is -2.41. The minimum absolute atomic E-state index is 0.0377. The van der Waals surface area contributed by atoms with E-state index in [1.807, 2.05) is 20.8 Å². The van der Waals surface area contributed by atoms with Crippen molar-refractivity contribution in [3.8, 4) is 0 Å². The van der Waals surface area contributed by atoms with Gasteiger partial charge in [-0.25, -0.2) is 0 Å². The third-order valence-electron chi connectivity index (χ3n) is 2.19. The second kappa shape index (κ2) is 4.28. The minimum atomic E-state index is -0.249. The van der Waals surface area contributed by atoms with Crippen LogP contribution in [-0.2, 0) is 14.3 Å². The Morgan fingerprint density at radius 2 is 2.29 bits per heavy atom. The molecule has 1 heterocycles. The van der Waals surface area contributed by atoms with E-state index in [1.165, 1.54) is 7.11 Å². The summed E-state index contributed by atoms with van der Waals surface area (Å²) in [5, 5.41) is 0. The molecule has 1 aliphatic rings. The Hall–Kier alpha value is -0.610. The summed E-state index contributed by atoms with van der Waals surface area (Å²) >= 11 is 0. The zero-order valence-electron chi connectivity index (χ0n) is 9.37. The van der Waals surface area contributed by atoms with Crippen molar-refractivity contribution in [1.29, 1.82) is 0 Å². The molecule has 0 spiro atoms. The standard InChI is InChI=1S/C10H19NO3/c1-8-5-11(9(12)6-13-4)7-10(2,3)14-8/h8H,5-7H2,1-4H3. The third-order valence-corrected chi connectivity index (χ3v) is 2.19. The number of rotatable bonds is 2. The predicted molar refractivity (Wildman–Crippen MR) is 53.1 cm³/mol. The molecule has 1 saturated heterocycles. The lowest BCUT2D eigenvalue weighted by Crippen LogP contribution is -2.54. The van der Waals surface area contributed by atoms with Gasteiger partial charge in [0.2, 0.25) is 5.91 Å². The number of methoxy groups -OCH3 is 1. The summed E-state index contributed by atoms with van der Waals surface area (Å²) in [7, 11) is 1.53. The van der Waals surface area contributed by atoms with E-state index in [0.29, 0.717) is 13.1 Å². The molecule has 0 aromatic carbocycles. The number of carbonyl (C=O) groups is 1. The van der Waals surface area contributed by atoms with Crippen molar-refractivity contribution in [3.63, 3.8) is 0 Å². The summed E-state index contributed by atoms with van der Waals surface area (Å²) in [6.45, 7) is 7.42. The van der Waals surface area contributed by atoms with Crippen molar-refractivity contribution in [2.24, 2.45) is 0 Å². The van der Waals surface area contributed by atoms with Crippen LogP contribution in [-0.4, -0.2) is 49.3 Å². The summed E-state index contributed by atoms with van der Waals surface area (Å²) in [5.41, 5.74) is -0.249. The van der Waals surface area contributed by atoms with Gasteiger partial charge in [0.05, 0.1) is 11.7 Å². The monoisotopic (exact) mass is 201 g/mol. The van der Waals surface area contributed by atoms with Gasteiger partial charge in [0.15, 0.2) is 0 Å². The van der Waals surface area contributed by atoms with E-state index in [2.05, 4.69) is 0 Å². The molecule has 0 bridgehead atoms. The molecule has 1 fully saturated rings. The Kier molecular flexibility index (Phi) is 3.50. The van der Waals surface area contributed by atoms with Gasteiger partial charge in [0.25, 0.3) is 0 Å². The molecule has 0 aliphatic carbocycles. The van der Waals surface area contributed by atoms with Gasteiger partial charge < -0.3 is 14.4 Å². The summed E-state index contributed by atoms with van der Waals surface area (Å²) in [4.78, 5) is 13.4. The molecule has 0 N–H and O–H groups in total. The maximum absolute atomic E-state index is 11.6. The highest BCUT2D eigenvalue weighted by atomic mass is 16.5. The lowest BCUT2D eigenvalue weighted by atomic mass is 10.1. The molecule has 4 heteroatoms. The van der Waals surface area contributed by atoms with Crippen molar-refractivity contribution in [2.75, 3.05) is 26.8 Å². The van der Waals surface area contributed by atoms with E-state index in [-0.39, 0.29) is 24.2 Å². The van der Waals surface area contributed by atoms with Crippen LogP contribution >= 0.6 is 0 Å². The van der Waals surface area contributed by atoms with Crippen molar-refractivity contribution in [3.05, 3.63) is 0 Å². The van der Waals surface area contributed by atoms with Crippen LogP contribution in [0.5, 0.6) is 0 Å². The first-order valence-electron chi connectivity index (χ1n) is 4.89. The van der Waals surface area contributed by atoms with Gasteiger partial charge in [0.1, 0.15) is 6.61 Å². The third kappa shape index (κ3) is 2.96. The van der Waals surface area contributed by atoms with Crippen molar-refractivity contribution in [1.82, 2.24) is 4.90 Å². The van der Waals surface area contributed by atoms with Gasteiger partial charge in [-0.05, 0) is 20.8 Å². The van der Waals surface area contributed by atoms with E-state index >= 15 is 0 Å². The van der Waals surface area contributed by atoms with Gasteiger partial charge >= 0.3 is 0 Å². The fourth-order valence-corrected chi connectivity index (χ4v) is 1.86. The topological polar surface area (TPSA) is 38.8 Å². The number of hydrogen-bond acceptors (Lipinski definition) is 3. The molecule has 0 saturated carbocycles. The molecule has 1 unspecified atom stereocenters. The Bertz CT molecular complexity index is 215. The Balaban J connectivity index is 2.57. The number of hydrogen-bond donors (Lipinski definition) is 0. The molecule has 0 aromatic rings. The van der Waals surface area contributed by atoms with E-state index in [1.54, 1.807) is 4.90 Å². The Morgan fingerprint density at radius 3 is 2.79 bits per heavy atom. The van der Waals surface area contributed by atoms with E-state index in [0.717, 1.165) is 0 Å². The molecular weight excluding hydrogens is 182 g/mol. The van der Waals surface area contributed by atoms with Crippen molar-refractivity contribution >= 4 is 5.91 Å². The summed E-state index contributed by atoms with van der Waals surface area (Å²) in [6, 6.07) is 0. The predicted octanol–water partition coefficient (Wildman–Crippen LogP) is 0.659. The van der Waals surface area contributed by atoms with Gasteiger partial charge in [0, 0.05) is 20.2 Å². The smallest absolute Gasteiger partial charge is 0.248 e. The van der Waals surface area contributed by atoms with Gasteiger partial charge in [-0.3, -0.25) is 4.79 Å². The van der Waals surface area contributed by atoms with Crippen LogP contribution in [0.2, 0.25) is 0 Å². The second-order valence-electron chi connectivity index (χ2n) is 4.40. The van der Waals surface area contributed by atoms with Crippen molar-refractivity contribution in [2.45, 2.75) is 32.5 Å².